The average molecular weight is 428 g/mol. The second-order valence-electron chi connectivity index (χ2n) is 7.39. The third-order valence-corrected chi connectivity index (χ3v) is 5.07. The molecule has 0 amide bonds. The van der Waals surface area contributed by atoms with Crippen molar-refractivity contribution in [2.75, 3.05) is 0 Å². The number of ether oxygens (including phenoxy) is 3. The first-order chi connectivity index (χ1) is 14.8. The summed E-state index contributed by atoms with van der Waals surface area (Å²) in [7, 11) is 0. The third kappa shape index (κ3) is 6.37. The number of hydrogen-bond donors (Lipinski definition) is 2. The molecule has 1 saturated carbocycles. The van der Waals surface area contributed by atoms with Gasteiger partial charge in [0, 0.05) is 12.8 Å². The van der Waals surface area contributed by atoms with Crippen molar-refractivity contribution in [1.29, 1.82) is 0 Å². The van der Waals surface area contributed by atoms with Crippen LogP contribution in [0, 0.1) is 5.92 Å². The minimum Gasteiger partial charge on any atom is -0.459 e. The van der Waals surface area contributed by atoms with E-state index in [-0.39, 0.29) is 23.3 Å². The molecule has 1 fully saturated rings. The van der Waals surface area contributed by atoms with Crippen LogP contribution in [-0.4, -0.2) is 40.5 Å². The van der Waals surface area contributed by atoms with Crippen molar-refractivity contribution in [2.24, 2.45) is 5.92 Å². The van der Waals surface area contributed by atoms with Gasteiger partial charge in [0.15, 0.2) is 6.29 Å². The zero-order valence-electron chi connectivity index (χ0n) is 17.0. The summed E-state index contributed by atoms with van der Waals surface area (Å²) in [6.07, 6.45) is 0.728. The molecule has 0 heterocycles. The van der Waals surface area contributed by atoms with E-state index in [0.717, 1.165) is 0 Å². The Kier molecular flexibility index (Phi) is 7.38. The van der Waals surface area contributed by atoms with Gasteiger partial charge in [-0.05, 0) is 74.2 Å². The van der Waals surface area contributed by atoms with E-state index in [0.29, 0.717) is 37.0 Å². The van der Waals surface area contributed by atoms with E-state index in [1.165, 1.54) is 55.5 Å². The van der Waals surface area contributed by atoms with Crippen LogP contribution in [0.4, 0.5) is 0 Å². The van der Waals surface area contributed by atoms with Crippen LogP contribution in [-0.2, 0) is 9.53 Å². The lowest BCUT2D eigenvalue weighted by atomic mass is 9.87. The van der Waals surface area contributed by atoms with Gasteiger partial charge >= 0.3 is 17.9 Å². The molecule has 164 valence electrons. The van der Waals surface area contributed by atoms with Crippen molar-refractivity contribution in [1.82, 2.24) is 0 Å². The smallest absolute Gasteiger partial charge is 0.343 e. The van der Waals surface area contributed by atoms with Crippen LogP contribution in [0.5, 0.6) is 11.5 Å². The summed E-state index contributed by atoms with van der Waals surface area (Å²) in [6, 6.07) is 12.0. The Hall–Kier alpha value is -3.23. The number of aliphatic hydroxyl groups excluding tert-OH is 1. The Labute approximate surface area is 179 Å². The highest BCUT2D eigenvalue weighted by Gasteiger charge is 2.27. The van der Waals surface area contributed by atoms with Gasteiger partial charge in [0.1, 0.15) is 17.6 Å². The van der Waals surface area contributed by atoms with Crippen molar-refractivity contribution in [3.63, 3.8) is 0 Å². The number of aliphatic hydroxyl groups is 2. The molecule has 0 radical (unpaired) electrons. The van der Waals surface area contributed by atoms with E-state index >= 15 is 0 Å². The van der Waals surface area contributed by atoms with E-state index in [9.17, 15) is 24.6 Å². The molecule has 1 aliphatic rings. The summed E-state index contributed by atoms with van der Waals surface area (Å²) in [4.78, 5) is 35.6. The van der Waals surface area contributed by atoms with Crippen LogP contribution >= 0.6 is 0 Å². The van der Waals surface area contributed by atoms with Crippen molar-refractivity contribution >= 4 is 17.9 Å². The van der Waals surface area contributed by atoms with Crippen LogP contribution in [0.3, 0.4) is 0 Å². The van der Waals surface area contributed by atoms with E-state index in [4.69, 9.17) is 14.2 Å². The minimum atomic E-state index is -1.34. The number of esters is 3. The fourth-order valence-corrected chi connectivity index (χ4v) is 3.37. The quantitative estimate of drug-likeness (QED) is 0.410. The molecule has 1 aliphatic carbocycles. The minimum absolute atomic E-state index is 0.182. The monoisotopic (exact) mass is 428 g/mol. The number of carbonyl (C=O) groups is 3. The molecule has 31 heavy (non-hydrogen) atoms. The number of hydrogen-bond acceptors (Lipinski definition) is 8. The molecule has 0 spiro atoms. The van der Waals surface area contributed by atoms with Crippen molar-refractivity contribution in [2.45, 2.75) is 45.0 Å². The zero-order valence-corrected chi connectivity index (χ0v) is 17.0. The second-order valence-corrected chi connectivity index (χ2v) is 7.39. The van der Waals surface area contributed by atoms with E-state index in [1.54, 1.807) is 0 Å². The predicted molar refractivity (Wildman–Crippen MR) is 109 cm³/mol. The highest BCUT2D eigenvalue weighted by atomic mass is 16.5. The third-order valence-electron chi connectivity index (χ3n) is 5.07. The van der Waals surface area contributed by atoms with Gasteiger partial charge in [-0.15, -0.1) is 0 Å². The normalized spacial score (nSPS) is 18.3. The van der Waals surface area contributed by atoms with Gasteiger partial charge in [-0.25, -0.2) is 9.59 Å². The highest BCUT2D eigenvalue weighted by Crippen LogP contribution is 2.28. The molecule has 3 rings (SSSR count). The molecule has 0 atom stereocenters. The average Bonchev–Trinajstić information content (AvgIpc) is 2.75. The number of benzene rings is 2. The number of carbonyl (C=O) groups excluding carboxylic acids is 3. The van der Waals surface area contributed by atoms with Crippen LogP contribution in [0.2, 0.25) is 0 Å². The van der Waals surface area contributed by atoms with Crippen LogP contribution < -0.4 is 9.47 Å². The number of rotatable bonds is 6. The van der Waals surface area contributed by atoms with Gasteiger partial charge in [0.05, 0.1) is 11.1 Å². The Morgan fingerprint density at radius 3 is 1.74 bits per heavy atom. The zero-order chi connectivity index (χ0) is 22.4. The van der Waals surface area contributed by atoms with Crippen LogP contribution in [0.25, 0.3) is 0 Å². The molecule has 2 aromatic carbocycles. The van der Waals surface area contributed by atoms with E-state index in [1.807, 2.05) is 0 Å². The summed E-state index contributed by atoms with van der Waals surface area (Å²) >= 11 is 0. The van der Waals surface area contributed by atoms with Gasteiger partial charge < -0.3 is 24.4 Å². The maximum Gasteiger partial charge on any atom is 0.343 e. The van der Waals surface area contributed by atoms with Crippen LogP contribution in [0.15, 0.2) is 48.5 Å². The summed E-state index contributed by atoms with van der Waals surface area (Å²) < 4.78 is 15.7. The lowest BCUT2D eigenvalue weighted by molar-refractivity contribution is -0.131. The highest BCUT2D eigenvalue weighted by molar-refractivity contribution is 5.94. The van der Waals surface area contributed by atoms with Crippen molar-refractivity contribution in [3.8, 4) is 11.5 Å². The summed E-state index contributed by atoms with van der Waals surface area (Å²) in [6.45, 7) is 1.29. The van der Waals surface area contributed by atoms with Gasteiger partial charge in [0.2, 0.25) is 0 Å². The Balaban J connectivity index is 1.52. The standard InChI is InChI=1S/C23H24O8/c1-14(24)29-18-10-12-20(13-11-18)31-23(28)17-4-2-16(3-5-17)22(27)30-19-8-6-15(7-9-19)21(25)26/h2-5,10-13,15,19,21,25-26H,6-9H2,1H3. The van der Waals surface area contributed by atoms with Crippen molar-refractivity contribution in [3.05, 3.63) is 59.7 Å². The maximum atomic E-state index is 12.3. The SMILES string of the molecule is CC(=O)Oc1ccc(OC(=O)c2ccc(C(=O)OC3CCC(C(O)O)CC3)cc2)cc1. The molecular formula is C23H24O8. The predicted octanol–water partition coefficient (Wildman–Crippen LogP) is 2.86. The summed E-state index contributed by atoms with van der Waals surface area (Å²) in [5.41, 5.74) is 0.574. The lowest BCUT2D eigenvalue weighted by Crippen LogP contribution is -2.30. The van der Waals surface area contributed by atoms with Crippen molar-refractivity contribution < 1.29 is 38.8 Å². The molecule has 0 bridgehead atoms. The molecule has 8 heteroatoms. The fourth-order valence-electron chi connectivity index (χ4n) is 3.37. The molecule has 0 aromatic heterocycles. The van der Waals surface area contributed by atoms with Gasteiger partial charge in [-0.1, -0.05) is 0 Å². The molecule has 0 saturated heterocycles. The van der Waals surface area contributed by atoms with Gasteiger partial charge in [0.25, 0.3) is 0 Å². The summed E-state index contributed by atoms with van der Waals surface area (Å²) in [5, 5.41) is 18.4. The Morgan fingerprint density at radius 1 is 0.774 bits per heavy atom. The van der Waals surface area contributed by atoms with E-state index in [2.05, 4.69) is 0 Å². The first-order valence-electron chi connectivity index (χ1n) is 9.99. The second kappa shape index (κ2) is 10.2. The molecule has 0 unspecified atom stereocenters. The van der Waals surface area contributed by atoms with E-state index < -0.39 is 24.2 Å². The first kappa shape index (κ1) is 22.5. The fraction of sp³-hybridized carbons (Fsp3) is 0.348. The topological polar surface area (TPSA) is 119 Å². The molecule has 2 aromatic rings. The first-order valence-corrected chi connectivity index (χ1v) is 9.99. The largest absolute Gasteiger partial charge is 0.459 e. The Morgan fingerprint density at radius 2 is 1.26 bits per heavy atom. The Bertz CT molecular complexity index is 910. The summed E-state index contributed by atoms with van der Waals surface area (Å²) in [5.74, 6) is -1.09. The maximum absolute atomic E-state index is 12.3. The molecule has 8 nitrogen and oxygen atoms in total. The molecule has 2 N–H and O–H groups in total. The lowest BCUT2D eigenvalue weighted by Gasteiger charge is -2.29. The van der Waals surface area contributed by atoms with Gasteiger partial charge in [-0.2, -0.15) is 0 Å². The molecule has 0 aliphatic heterocycles. The van der Waals surface area contributed by atoms with Gasteiger partial charge in [-0.3, -0.25) is 4.79 Å². The van der Waals surface area contributed by atoms with Crippen LogP contribution in [0.1, 0.15) is 53.3 Å². The molecular weight excluding hydrogens is 404 g/mol.